The number of aliphatic hydroxyl groups excluding tert-OH is 2. The molecular formula is C24H41NO3. The SMILES string of the molecule is CC(CC(=O)CN)[C@H]1CCC2C3CCC4C[C@@H](O)CC[C@]4(C)C3C(O)C[C@@]21C. The van der Waals surface area contributed by atoms with Crippen LogP contribution in [0.3, 0.4) is 0 Å². The largest absolute Gasteiger partial charge is 0.393 e. The van der Waals surface area contributed by atoms with Gasteiger partial charge in [-0.2, -0.15) is 0 Å². The summed E-state index contributed by atoms with van der Waals surface area (Å²) in [4.78, 5) is 12.0. The molecule has 4 rings (SSSR count). The lowest BCUT2D eigenvalue weighted by molar-refractivity contribution is -0.179. The third kappa shape index (κ3) is 3.09. The molecule has 4 aliphatic carbocycles. The number of Topliss-reactive ketones (excluding diaryl/α,β-unsaturated/α-hetero) is 1. The number of fused-ring (bicyclic) bond motifs is 5. The Labute approximate surface area is 170 Å². The summed E-state index contributed by atoms with van der Waals surface area (Å²) in [6.07, 6.45) is 8.82. The monoisotopic (exact) mass is 391 g/mol. The molecule has 10 atom stereocenters. The molecule has 6 unspecified atom stereocenters. The fourth-order valence-corrected chi connectivity index (χ4v) is 8.92. The van der Waals surface area contributed by atoms with Crippen molar-refractivity contribution in [3.05, 3.63) is 0 Å². The predicted molar refractivity (Wildman–Crippen MR) is 110 cm³/mol. The Kier molecular flexibility index (Phi) is 5.46. The summed E-state index contributed by atoms with van der Waals surface area (Å²) < 4.78 is 0. The van der Waals surface area contributed by atoms with Gasteiger partial charge in [0, 0.05) is 6.42 Å². The molecule has 4 aliphatic rings. The second kappa shape index (κ2) is 7.35. The van der Waals surface area contributed by atoms with Crippen molar-refractivity contribution in [1.82, 2.24) is 0 Å². The molecule has 0 bridgehead atoms. The molecule has 4 saturated carbocycles. The van der Waals surface area contributed by atoms with Gasteiger partial charge in [-0.25, -0.2) is 0 Å². The second-order valence-electron chi connectivity index (χ2n) is 11.4. The van der Waals surface area contributed by atoms with Crippen LogP contribution in [0.2, 0.25) is 0 Å². The van der Waals surface area contributed by atoms with Gasteiger partial charge in [-0.15, -0.1) is 0 Å². The van der Waals surface area contributed by atoms with Gasteiger partial charge in [0.15, 0.2) is 0 Å². The van der Waals surface area contributed by atoms with Gasteiger partial charge in [-0.05, 0) is 97.7 Å². The third-order valence-electron chi connectivity index (χ3n) is 10.1. The molecule has 0 amide bonds. The molecule has 0 heterocycles. The maximum Gasteiger partial charge on any atom is 0.146 e. The lowest BCUT2D eigenvalue weighted by Gasteiger charge is -2.62. The normalized spacial score (nSPS) is 51.7. The molecule has 0 aliphatic heterocycles. The van der Waals surface area contributed by atoms with E-state index in [1.165, 1.54) is 25.7 Å². The van der Waals surface area contributed by atoms with Crippen molar-refractivity contribution in [1.29, 1.82) is 0 Å². The number of ketones is 1. The van der Waals surface area contributed by atoms with E-state index in [2.05, 4.69) is 20.8 Å². The summed E-state index contributed by atoms with van der Waals surface area (Å²) >= 11 is 0. The molecule has 0 aromatic carbocycles. The van der Waals surface area contributed by atoms with Gasteiger partial charge in [-0.3, -0.25) is 4.79 Å². The van der Waals surface area contributed by atoms with Crippen LogP contribution in [0.1, 0.15) is 78.6 Å². The average Bonchev–Trinajstić information content (AvgIpc) is 2.98. The number of nitrogens with two attached hydrogens (primary N) is 1. The highest BCUT2D eigenvalue weighted by Crippen LogP contribution is 2.68. The maximum absolute atomic E-state index is 12.0. The minimum Gasteiger partial charge on any atom is -0.393 e. The van der Waals surface area contributed by atoms with Crippen LogP contribution in [0, 0.1) is 46.3 Å². The van der Waals surface area contributed by atoms with Crippen molar-refractivity contribution in [3.8, 4) is 0 Å². The van der Waals surface area contributed by atoms with E-state index in [1.807, 2.05) is 0 Å². The van der Waals surface area contributed by atoms with Crippen LogP contribution in [-0.2, 0) is 4.79 Å². The number of rotatable bonds is 4. The van der Waals surface area contributed by atoms with Crippen molar-refractivity contribution in [2.24, 2.45) is 52.1 Å². The summed E-state index contributed by atoms with van der Waals surface area (Å²) in [7, 11) is 0. The molecule has 0 aromatic rings. The lowest BCUT2D eigenvalue weighted by Crippen LogP contribution is -2.59. The van der Waals surface area contributed by atoms with Crippen LogP contribution in [-0.4, -0.2) is 34.7 Å². The summed E-state index contributed by atoms with van der Waals surface area (Å²) in [5.74, 6) is 3.27. The molecule has 0 spiro atoms. The second-order valence-corrected chi connectivity index (χ2v) is 11.4. The van der Waals surface area contributed by atoms with Crippen molar-refractivity contribution in [2.75, 3.05) is 6.54 Å². The van der Waals surface area contributed by atoms with Crippen molar-refractivity contribution in [3.63, 3.8) is 0 Å². The van der Waals surface area contributed by atoms with Crippen molar-refractivity contribution >= 4 is 5.78 Å². The van der Waals surface area contributed by atoms with Crippen molar-refractivity contribution < 1.29 is 15.0 Å². The molecule has 4 fully saturated rings. The molecule has 4 N–H and O–H groups in total. The number of aliphatic hydroxyl groups is 2. The zero-order chi connectivity index (χ0) is 20.3. The van der Waals surface area contributed by atoms with Crippen LogP contribution in [0.5, 0.6) is 0 Å². The van der Waals surface area contributed by atoms with Crippen LogP contribution in [0.4, 0.5) is 0 Å². The molecule has 0 aromatic heterocycles. The molecule has 0 radical (unpaired) electrons. The first-order valence-corrected chi connectivity index (χ1v) is 11.8. The average molecular weight is 392 g/mol. The Morgan fingerprint density at radius 3 is 2.57 bits per heavy atom. The number of hydrogen-bond acceptors (Lipinski definition) is 4. The van der Waals surface area contributed by atoms with Gasteiger partial charge in [0.1, 0.15) is 5.78 Å². The Balaban J connectivity index is 1.58. The Morgan fingerprint density at radius 2 is 1.86 bits per heavy atom. The molecule has 160 valence electrons. The summed E-state index contributed by atoms with van der Waals surface area (Å²) in [5, 5.41) is 21.7. The van der Waals surface area contributed by atoms with Crippen LogP contribution in [0.25, 0.3) is 0 Å². The fraction of sp³-hybridized carbons (Fsp3) is 0.958. The van der Waals surface area contributed by atoms with Crippen LogP contribution in [0.15, 0.2) is 0 Å². The smallest absolute Gasteiger partial charge is 0.146 e. The summed E-state index contributed by atoms with van der Waals surface area (Å²) in [6, 6.07) is 0. The zero-order valence-electron chi connectivity index (χ0n) is 18.1. The van der Waals surface area contributed by atoms with E-state index >= 15 is 0 Å². The van der Waals surface area contributed by atoms with E-state index in [0.717, 1.165) is 25.7 Å². The Hall–Kier alpha value is -0.450. The standard InChI is InChI=1S/C24H41NO3/c1-14(10-17(27)13-25)19-6-7-20-18-5-4-15-11-16(26)8-9-23(15,2)22(18)21(28)12-24(19,20)3/h14-16,18-22,26,28H,4-13,25H2,1-3H3/t14?,15?,16-,18?,19+,20?,21?,22?,23-,24+/m0/s1. The van der Waals surface area contributed by atoms with Gasteiger partial charge in [-0.1, -0.05) is 20.8 Å². The van der Waals surface area contributed by atoms with E-state index in [1.54, 1.807) is 0 Å². The highest BCUT2D eigenvalue weighted by Gasteiger charge is 2.63. The molecular weight excluding hydrogens is 350 g/mol. The first kappa shape index (κ1) is 20.8. The van der Waals surface area contributed by atoms with Crippen LogP contribution < -0.4 is 5.73 Å². The highest BCUT2D eigenvalue weighted by atomic mass is 16.3. The third-order valence-corrected chi connectivity index (χ3v) is 10.1. The number of hydrogen-bond donors (Lipinski definition) is 3. The number of carbonyl (C=O) groups is 1. The minimum atomic E-state index is -0.243. The molecule has 4 heteroatoms. The van der Waals surface area contributed by atoms with Gasteiger partial charge in [0.05, 0.1) is 18.8 Å². The first-order chi connectivity index (χ1) is 13.2. The molecule has 28 heavy (non-hydrogen) atoms. The lowest BCUT2D eigenvalue weighted by atomic mass is 9.43. The molecule has 4 nitrogen and oxygen atoms in total. The summed E-state index contributed by atoms with van der Waals surface area (Å²) in [6.45, 7) is 7.21. The van der Waals surface area contributed by atoms with E-state index in [9.17, 15) is 15.0 Å². The highest BCUT2D eigenvalue weighted by molar-refractivity contribution is 5.80. The van der Waals surface area contributed by atoms with Gasteiger partial charge in [0.2, 0.25) is 0 Å². The van der Waals surface area contributed by atoms with E-state index in [-0.39, 0.29) is 35.4 Å². The zero-order valence-corrected chi connectivity index (χ0v) is 18.1. The predicted octanol–water partition coefficient (Wildman–Crippen LogP) is 3.53. The van der Waals surface area contributed by atoms with Crippen LogP contribution >= 0.6 is 0 Å². The maximum atomic E-state index is 12.0. The molecule has 0 saturated heterocycles. The fourth-order valence-electron chi connectivity index (χ4n) is 8.92. The Bertz CT molecular complexity index is 609. The minimum absolute atomic E-state index is 0.141. The van der Waals surface area contributed by atoms with Crippen molar-refractivity contribution in [2.45, 2.75) is 90.8 Å². The topological polar surface area (TPSA) is 83.6 Å². The van der Waals surface area contributed by atoms with E-state index < -0.39 is 0 Å². The van der Waals surface area contributed by atoms with Gasteiger partial charge < -0.3 is 15.9 Å². The number of carbonyl (C=O) groups excluding carboxylic acids is 1. The first-order valence-electron chi connectivity index (χ1n) is 11.8. The van der Waals surface area contributed by atoms with Gasteiger partial charge >= 0.3 is 0 Å². The van der Waals surface area contributed by atoms with Gasteiger partial charge in [0.25, 0.3) is 0 Å². The quantitative estimate of drug-likeness (QED) is 0.684. The van der Waals surface area contributed by atoms with E-state index in [4.69, 9.17) is 5.73 Å². The Morgan fingerprint density at radius 1 is 1.11 bits per heavy atom. The summed E-state index contributed by atoms with van der Waals surface area (Å²) in [5.41, 5.74) is 5.90. The van der Waals surface area contributed by atoms with E-state index in [0.29, 0.717) is 41.9 Å².